The third-order valence-electron chi connectivity index (χ3n) is 2.01. The Kier molecular flexibility index (Phi) is 4.33. The van der Waals surface area contributed by atoms with Gasteiger partial charge in [0.1, 0.15) is 5.75 Å². The molecule has 6 heteroatoms. The maximum Gasteiger partial charge on any atom is 0.408 e. The standard InChI is InChI=1S/C11H13NO5/c1-2-17-11(16)12-9(10(14)15)7-3-5-8(13)6-4-7/h3-6,9,13H,2H2,1H3,(H,12,16)(H,14,15)/t9-/m0/s1. The second-order valence-corrected chi connectivity index (χ2v) is 3.23. The zero-order chi connectivity index (χ0) is 12.8. The first kappa shape index (κ1) is 12.8. The maximum absolute atomic E-state index is 11.2. The number of aromatic hydroxyl groups is 1. The topological polar surface area (TPSA) is 95.9 Å². The first-order chi connectivity index (χ1) is 8.04. The summed E-state index contributed by atoms with van der Waals surface area (Å²) in [5.41, 5.74) is 0.350. The molecular weight excluding hydrogens is 226 g/mol. The fourth-order valence-corrected chi connectivity index (χ4v) is 1.25. The van der Waals surface area contributed by atoms with Crippen molar-refractivity contribution in [2.45, 2.75) is 13.0 Å². The highest BCUT2D eigenvalue weighted by Crippen LogP contribution is 2.17. The lowest BCUT2D eigenvalue weighted by Gasteiger charge is -2.14. The van der Waals surface area contributed by atoms with Gasteiger partial charge in [-0.2, -0.15) is 0 Å². The van der Waals surface area contributed by atoms with Crippen LogP contribution < -0.4 is 5.32 Å². The number of hydrogen-bond acceptors (Lipinski definition) is 4. The number of carbonyl (C=O) groups is 2. The molecule has 0 aliphatic rings. The molecule has 3 N–H and O–H groups in total. The van der Waals surface area contributed by atoms with E-state index in [1.807, 2.05) is 0 Å². The molecule has 0 fully saturated rings. The molecule has 0 unspecified atom stereocenters. The Morgan fingerprint density at radius 1 is 1.35 bits per heavy atom. The summed E-state index contributed by atoms with van der Waals surface area (Å²) >= 11 is 0. The van der Waals surface area contributed by atoms with Gasteiger partial charge < -0.3 is 20.3 Å². The van der Waals surface area contributed by atoms with E-state index in [1.165, 1.54) is 24.3 Å². The normalized spacial score (nSPS) is 11.6. The van der Waals surface area contributed by atoms with Gasteiger partial charge in [-0.05, 0) is 24.6 Å². The molecule has 92 valence electrons. The van der Waals surface area contributed by atoms with Crippen molar-refractivity contribution in [3.05, 3.63) is 29.8 Å². The summed E-state index contributed by atoms with van der Waals surface area (Å²) in [7, 11) is 0. The first-order valence-electron chi connectivity index (χ1n) is 4.99. The van der Waals surface area contributed by atoms with Gasteiger partial charge in [0.15, 0.2) is 6.04 Å². The molecule has 17 heavy (non-hydrogen) atoms. The van der Waals surface area contributed by atoms with Crippen molar-refractivity contribution in [3.63, 3.8) is 0 Å². The monoisotopic (exact) mass is 239 g/mol. The van der Waals surface area contributed by atoms with Crippen LogP contribution in [0.5, 0.6) is 5.75 Å². The van der Waals surface area contributed by atoms with Crippen LogP contribution >= 0.6 is 0 Å². The number of benzene rings is 1. The van der Waals surface area contributed by atoms with E-state index in [1.54, 1.807) is 6.92 Å². The van der Waals surface area contributed by atoms with E-state index in [0.29, 0.717) is 5.56 Å². The van der Waals surface area contributed by atoms with E-state index < -0.39 is 18.1 Å². The molecule has 0 aliphatic carbocycles. The van der Waals surface area contributed by atoms with Crippen LogP contribution in [0.25, 0.3) is 0 Å². The summed E-state index contributed by atoms with van der Waals surface area (Å²) in [6, 6.07) is 4.33. The van der Waals surface area contributed by atoms with E-state index in [2.05, 4.69) is 10.1 Å². The largest absolute Gasteiger partial charge is 0.508 e. The Bertz CT molecular complexity index is 401. The van der Waals surface area contributed by atoms with Crippen LogP contribution in [0, 0.1) is 0 Å². The van der Waals surface area contributed by atoms with Gasteiger partial charge in [-0.3, -0.25) is 0 Å². The molecule has 6 nitrogen and oxygen atoms in total. The minimum Gasteiger partial charge on any atom is -0.508 e. The highest BCUT2D eigenvalue weighted by Gasteiger charge is 2.22. The zero-order valence-corrected chi connectivity index (χ0v) is 9.21. The lowest BCUT2D eigenvalue weighted by atomic mass is 10.1. The lowest BCUT2D eigenvalue weighted by molar-refractivity contribution is -0.139. The van der Waals surface area contributed by atoms with Crippen LogP contribution in [-0.4, -0.2) is 28.9 Å². The summed E-state index contributed by atoms with van der Waals surface area (Å²) in [5, 5.41) is 20.3. The number of nitrogens with one attached hydrogen (secondary N) is 1. The molecule has 1 amide bonds. The van der Waals surface area contributed by atoms with Crippen LogP contribution in [0.15, 0.2) is 24.3 Å². The van der Waals surface area contributed by atoms with E-state index in [9.17, 15) is 9.59 Å². The Morgan fingerprint density at radius 2 is 1.94 bits per heavy atom. The van der Waals surface area contributed by atoms with Gasteiger partial charge in [0.05, 0.1) is 6.61 Å². The second-order valence-electron chi connectivity index (χ2n) is 3.23. The number of rotatable bonds is 4. The van der Waals surface area contributed by atoms with Gasteiger partial charge in [0.2, 0.25) is 0 Å². The smallest absolute Gasteiger partial charge is 0.408 e. The second kappa shape index (κ2) is 5.74. The van der Waals surface area contributed by atoms with Crippen LogP contribution in [-0.2, 0) is 9.53 Å². The number of ether oxygens (including phenoxy) is 1. The zero-order valence-electron chi connectivity index (χ0n) is 9.21. The number of phenolic OH excluding ortho intramolecular Hbond substituents is 1. The van der Waals surface area contributed by atoms with E-state index in [0.717, 1.165) is 0 Å². The molecule has 0 aromatic heterocycles. The Labute approximate surface area is 97.8 Å². The quantitative estimate of drug-likeness (QED) is 0.735. The lowest BCUT2D eigenvalue weighted by Crippen LogP contribution is -2.34. The van der Waals surface area contributed by atoms with E-state index in [4.69, 9.17) is 10.2 Å². The average molecular weight is 239 g/mol. The van der Waals surface area contributed by atoms with Crippen molar-refractivity contribution in [1.29, 1.82) is 0 Å². The fourth-order valence-electron chi connectivity index (χ4n) is 1.25. The third kappa shape index (κ3) is 3.67. The van der Waals surface area contributed by atoms with Crippen LogP contribution in [0.1, 0.15) is 18.5 Å². The molecule has 0 spiro atoms. The highest BCUT2D eigenvalue weighted by atomic mass is 16.5. The molecule has 1 rings (SSSR count). The van der Waals surface area contributed by atoms with Gasteiger partial charge in [-0.1, -0.05) is 12.1 Å². The summed E-state index contributed by atoms with van der Waals surface area (Å²) in [4.78, 5) is 22.1. The predicted molar refractivity (Wildman–Crippen MR) is 58.6 cm³/mol. The minimum atomic E-state index is -1.20. The summed E-state index contributed by atoms with van der Waals surface area (Å²) in [5.74, 6) is -1.18. The number of carboxylic acids is 1. The molecule has 0 heterocycles. The first-order valence-corrected chi connectivity index (χ1v) is 4.99. The highest BCUT2D eigenvalue weighted by molar-refractivity contribution is 5.81. The summed E-state index contributed by atoms with van der Waals surface area (Å²) < 4.78 is 4.60. The van der Waals surface area contributed by atoms with Crippen LogP contribution in [0.4, 0.5) is 4.79 Å². The fraction of sp³-hybridized carbons (Fsp3) is 0.273. The average Bonchev–Trinajstić information content (AvgIpc) is 2.27. The number of phenols is 1. The summed E-state index contributed by atoms with van der Waals surface area (Å²) in [6.45, 7) is 1.78. The van der Waals surface area contributed by atoms with Crippen molar-refractivity contribution in [1.82, 2.24) is 5.32 Å². The Balaban J connectivity index is 2.82. The number of amides is 1. The van der Waals surface area contributed by atoms with Gasteiger partial charge in [-0.15, -0.1) is 0 Å². The number of alkyl carbamates (subject to hydrolysis) is 1. The van der Waals surface area contributed by atoms with E-state index >= 15 is 0 Å². The van der Waals surface area contributed by atoms with Crippen molar-refractivity contribution in [3.8, 4) is 5.75 Å². The van der Waals surface area contributed by atoms with E-state index in [-0.39, 0.29) is 12.4 Å². The third-order valence-corrected chi connectivity index (χ3v) is 2.01. The van der Waals surface area contributed by atoms with Crippen molar-refractivity contribution in [2.24, 2.45) is 0 Å². The Morgan fingerprint density at radius 3 is 2.41 bits per heavy atom. The molecule has 0 bridgehead atoms. The predicted octanol–water partition coefficient (Wildman–Crippen LogP) is 1.26. The molecule has 1 atom stereocenters. The van der Waals surface area contributed by atoms with Crippen LogP contribution in [0.2, 0.25) is 0 Å². The van der Waals surface area contributed by atoms with Crippen molar-refractivity contribution in [2.75, 3.05) is 6.61 Å². The molecule has 0 saturated heterocycles. The SMILES string of the molecule is CCOC(=O)N[C@H](C(=O)O)c1ccc(O)cc1. The van der Waals surface area contributed by atoms with Gasteiger partial charge in [0.25, 0.3) is 0 Å². The van der Waals surface area contributed by atoms with Gasteiger partial charge in [0, 0.05) is 0 Å². The number of aliphatic carboxylic acids is 1. The van der Waals surface area contributed by atoms with Crippen molar-refractivity contribution >= 4 is 12.1 Å². The van der Waals surface area contributed by atoms with Gasteiger partial charge >= 0.3 is 12.1 Å². The Hall–Kier alpha value is -2.24. The number of carbonyl (C=O) groups excluding carboxylic acids is 1. The summed E-state index contributed by atoms with van der Waals surface area (Å²) in [6.07, 6.45) is -0.798. The molecular formula is C11H13NO5. The van der Waals surface area contributed by atoms with Crippen molar-refractivity contribution < 1.29 is 24.5 Å². The molecule has 0 radical (unpaired) electrons. The molecule has 0 saturated carbocycles. The number of carboxylic acid groups (broad SMARTS) is 1. The van der Waals surface area contributed by atoms with Gasteiger partial charge in [-0.25, -0.2) is 9.59 Å². The number of hydrogen-bond donors (Lipinski definition) is 3. The molecule has 1 aromatic rings. The van der Waals surface area contributed by atoms with Crippen LogP contribution in [0.3, 0.4) is 0 Å². The molecule has 1 aromatic carbocycles. The maximum atomic E-state index is 11.2. The molecule has 0 aliphatic heterocycles. The minimum absolute atomic E-state index is 0.0222.